The molecular weight excluding hydrogens is 394 g/mol. The number of nitrogens with one attached hydrogen (secondary N) is 2. The third kappa shape index (κ3) is 4.35. The van der Waals surface area contributed by atoms with Crippen molar-refractivity contribution in [2.75, 3.05) is 26.5 Å². The predicted molar refractivity (Wildman–Crippen MR) is 111 cm³/mol. The summed E-state index contributed by atoms with van der Waals surface area (Å²) < 4.78 is 30.9. The molecule has 0 radical (unpaired) electrons. The number of ether oxygens (including phenoxy) is 1. The number of hydrogen-bond donors (Lipinski definition) is 2. The van der Waals surface area contributed by atoms with Crippen LogP contribution < -0.4 is 5.32 Å². The Bertz CT molecular complexity index is 1050. The lowest BCUT2D eigenvalue weighted by Gasteiger charge is -2.18. The highest BCUT2D eigenvalue weighted by molar-refractivity contribution is 7.89. The van der Waals surface area contributed by atoms with Gasteiger partial charge >= 0.3 is 5.97 Å². The van der Waals surface area contributed by atoms with E-state index in [0.29, 0.717) is 33.8 Å². The van der Waals surface area contributed by atoms with E-state index in [1.54, 1.807) is 39.8 Å². The number of carbonyl (C=O) groups is 2. The van der Waals surface area contributed by atoms with Crippen molar-refractivity contribution in [1.82, 2.24) is 9.29 Å². The number of Topliss-reactive ketones (excluding diaryl/α,β-unsaturated/α-hetero) is 1. The fourth-order valence-corrected chi connectivity index (χ4v) is 4.25. The molecule has 1 atom stereocenters. The predicted octanol–water partition coefficient (Wildman–Crippen LogP) is 2.66. The standard InChI is InChI=1S/C20H27N3O5S/c1-11-8-9-15(10-16(11)29(26,27)23(5)6)21-14(4)19(24)18-12(2)17(13(3)22-18)20(25)28-7/h8-10,14,21-22H,1-7H3/t14-/m0/s1. The topological polar surface area (TPSA) is 109 Å². The van der Waals surface area contributed by atoms with Gasteiger partial charge in [-0.3, -0.25) is 4.79 Å². The fourth-order valence-electron chi connectivity index (χ4n) is 3.10. The highest BCUT2D eigenvalue weighted by Crippen LogP contribution is 2.24. The zero-order chi connectivity index (χ0) is 22.1. The van der Waals surface area contributed by atoms with Crippen molar-refractivity contribution in [2.45, 2.75) is 38.6 Å². The molecule has 0 spiro atoms. The number of benzene rings is 1. The minimum atomic E-state index is -3.61. The molecule has 1 aromatic carbocycles. The average Bonchev–Trinajstić information content (AvgIpc) is 2.95. The zero-order valence-corrected chi connectivity index (χ0v) is 18.5. The van der Waals surface area contributed by atoms with Gasteiger partial charge in [-0.15, -0.1) is 0 Å². The molecule has 158 valence electrons. The van der Waals surface area contributed by atoms with E-state index in [2.05, 4.69) is 10.3 Å². The van der Waals surface area contributed by atoms with Gasteiger partial charge in [0.05, 0.1) is 29.3 Å². The first-order valence-corrected chi connectivity index (χ1v) is 10.5. The highest BCUT2D eigenvalue weighted by Gasteiger charge is 2.26. The van der Waals surface area contributed by atoms with E-state index in [1.807, 2.05) is 0 Å². The van der Waals surface area contributed by atoms with Gasteiger partial charge in [-0.05, 0) is 51.0 Å². The molecule has 1 aromatic heterocycles. The molecular formula is C20H27N3O5S. The van der Waals surface area contributed by atoms with Crippen LogP contribution in [0.25, 0.3) is 0 Å². The van der Waals surface area contributed by atoms with Crippen molar-refractivity contribution in [3.8, 4) is 0 Å². The van der Waals surface area contributed by atoms with Gasteiger partial charge < -0.3 is 15.0 Å². The number of nitrogens with zero attached hydrogens (tertiary/aromatic N) is 1. The normalized spacial score (nSPS) is 12.7. The molecule has 8 nitrogen and oxygen atoms in total. The molecule has 0 unspecified atom stereocenters. The Balaban J connectivity index is 2.33. The number of H-pyrrole nitrogens is 1. The Morgan fingerprint density at radius 3 is 2.34 bits per heavy atom. The van der Waals surface area contributed by atoms with E-state index in [1.165, 1.54) is 27.3 Å². The molecule has 0 fully saturated rings. The average molecular weight is 422 g/mol. The SMILES string of the molecule is COC(=O)c1c(C)[nH]c(C(=O)[C@H](C)Nc2ccc(C)c(S(=O)(=O)N(C)C)c2)c1C. The van der Waals surface area contributed by atoms with Crippen molar-refractivity contribution in [3.05, 3.63) is 46.3 Å². The van der Waals surface area contributed by atoms with Gasteiger partial charge in [0.2, 0.25) is 15.8 Å². The molecule has 2 rings (SSSR count). The minimum absolute atomic E-state index is 0.173. The number of hydrogen-bond acceptors (Lipinski definition) is 6. The van der Waals surface area contributed by atoms with Crippen molar-refractivity contribution >= 4 is 27.5 Å². The van der Waals surface area contributed by atoms with Crippen LogP contribution in [0.2, 0.25) is 0 Å². The summed E-state index contributed by atoms with van der Waals surface area (Å²) in [5, 5.41) is 3.05. The number of anilines is 1. The fraction of sp³-hybridized carbons (Fsp3) is 0.400. The molecule has 9 heteroatoms. The first kappa shape index (κ1) is 22.6. The molecule has 2 N–H and O–H groups in total. The Kier molecular flexibility index (Phi) is 6.54. The zero-order valence-electron chi connectivity index (χ0n) is 17.7. The maximum absolute atomic E-state index is 12.9. The number of rotatable bonds is 7. The number of carbonyl (C=O) groups excluding carboxylic acids is 2. The Morgan fingerprint density at radius 1 is 1.17 bits per heavy atom. The molecule has 2 aromatic rings. The maximum Gasteiger partial charge on any atom is 0.339 e. The number of esters is 1. The second kappa shape index (κ2) is 8.38. The van der Waals surface area contributed by atoms with Gasteiger partial charge in [0.25, 0.3) is 0 Å². The molecule has 29 heavy (non-hydrogen) atoms. The summed E-state index contributed by atoms with van der Waals surface area (Å²) >= 11 is 0. The van der Waals surface area contributed by atoms with Crippen LogP contribution in [0, 0.1) is 20.8 Å². The lowest BCUT2D eigenvalue weighted by atomic mass is 10.0. The lowest BCUT2D eigenvalue weighted by Crippen LogP contribution is -2.28. The van der Waals surface area contributed by atoms with Crippen molar-refractivity contribution in [3.63, 3.8) is 0 Å². The van der Waals surface area contributed by atoms with Gasteiger partial charge in [-0.2, -0.15) is 0 Å². The third-order valence-electron chi connectivity index (χ3n) is 4.80. The molecule has 0 aliphatic heterocycles. The van der Waals surface area contributed by atoms with Gasteiger partial charge in [0, 0.05) is 25.5 Å². The molecule has 0 saturated heterocycles. The number of methoxy groups -OCH3 is 1. The van der Waals surface area contributed by atoms with E-state index in [-0.39, 0.29) is 10.7 Å². The summed E-state index contributed by atoms with van der Waals surface area (Å²) in [7, 11) is 0.616. The number of aromatic amines is 1. The summed E-state index contributed by atoms with van der Waals surface area (Å²) in [5.41, 5.74) is 2.86. The van der Waals surface area contributed by atoms with E-state index in [4.69, 9.17) is 4.74 Å². The van der Waals surface area contributed by atoms with Crippen LogP contribution in [-0.4, -0.2) is 56.7 Å². The Labute approximate surface area is 171 Å². The summed E-state index contributed by atoms with van der Waals surface area (Å²) in [6.07, 6.45) is 0. The van der Waals surface area contributed by atoms with Crippen molar-refractivity contribution in [1.29, 1.82) is 0 Å². The quantitative estimate of drug-likeness (QED) is 0.526. The van der Waals surface area contributed by atoms with Crippen LogP contribution >= 0.6 is 0 Å². The Morgan fingerprint density at radius 2 is 1.79 bits per heavy atom. The number of ketones is 1. The Hall–Kier alpha value is -2.65. The van der Waals surface area contributed by atoms with Crippen LogP contribution in [0.1, 0.15) is 44.6 Å². The van der Waals surface area contributed by atoms with Gasteiger partial charge in [-0.25, -0.2) is 17.5 Å². The molecule has 0 amide bonds. The van der Waals surface area contributed by atoms with Crippen LogP contribution in [0.3, 0.4) is 0 Å². The lowest BCUT2D eigenvalue weighted by molar-refractivity contribution is 0.0599. The van der Waals surface area contributed by atoms with Crippen molar-refractivity contribution in [2.24, 2.45) is 0 Å². The largest absolute Gasteiger partial charge is 0.465 e. The second-order valence-electron chi connectivity index (χ2n) is 7.11. The highest BCUT2D eigenvalue weighted by atomic mass is 32.2. The first-order chi connectivity index (χ1) is 13.4. The molecule has 0 saturated carbocycles. The van der Waals surface area contributed by atoms with E-state index >= 15 is 0 Å². The van der Waals surface area contributed by atoms with Crippen LogP contribution in [0.4, 0.5) is 5.69 Å². The van der Waals surface area contributed by atoms with Crippen molar-refractivity contribution < 1.29 is 22.7 Å². The molecule has 0 aliphatic carbocycles. The van der Waals surface area contributed by atoms with Gasteiger partial charge in [-0.1, -0.05) is 6.07 Å². The smallest absolute Gasteiger partial charge is 0.339 e. The third-order valence-corrected chi connectivity index (χ3v) is 6.75. The van der Waals surface area contributed by atoms with Crippen LogP contribution in [-0.2, 0) is 14.8 Å². The number of aryl methyl sites for hydroxylation is 2. The molecule has 0 bridgehead atoms. The second-order valence-corrected chi connectivity index (χ2v) is 9.23. The first-order valence-electron chi connectivity index (χ1n) is 9.03. The van der Waals surface area contributed by atoms with E-state index < -0.39 is 22.0 Å². The summed E-state index contributed by atoms with van der Waals surface area (Å²) in [6.45, 7) is 6.78. The van der Waals surface area contributed by atoms with Crippen LogP contribution in [0.5, 0.6) is 0 Å². The summed E-state index contributed by atoms with van der Waals surface area (Å²) in [4.78, 5) is 28.0. The number of sulfonamides is 1. The minimum Gasteiger partial charge on any atom is -0.465 e. The molecule has 1 heterocycles. The maximum atomic E-state index is 12.9. The monoisotopic (exact) mass is 421 g/mol. The number of aromatic nitrogens is 1. The summed E-state index contributed by atoms with van der Waals surface area (Å²) in [5.74, 6) is -0.758. The van der Waals surface area contributed by atoms with Gasteiger partial charge in [0.1, 0.15) is 0 Å². The molecule has 0 aliphatic rings. The summed E-state index contributed by atoms with van der Waals surface area (Å²) in [6, 6.07) is 4.27. The van der Waals surface area contributed by atoms with E-state index in [0.717, 1.165) is 4.31 Å². The van der Waals surface area contributed by atoms with E-state index in [9.17, 15) is 18.0 Å². The van der Waals surface area contributed by atoms with Crippen LogP contribution in [0.15, 0.2) is 23.1 Å². The van der Waals surface area contributed by atoms with Gasteiger partial charge in [0.15, 0.2) is 0 Å².